The van der Waals surface area contributed by atoms with Gasteiger partial charge in [0.2, 0.25) is 5.43 Å². The average Bonchev–Trinajstić information content (AvgIpc) is 3.10. The van der Waals surface area contributed by atoms with E-state index in [1.165, 1.54) is 12.5 Å². The Morgan fingerprint density at radius 2 is 1.92 bits per heavy atom. The number of rotatable bonds is 4. The molecule has 0 aliphatic carbocycles. The summed E-state index contributed by atoms with van der Waals surface area (Å²) in [6.45, 7) is 4.12. The fourth-order valence-electron chi connectivity index (χ4n) is 3.12. The minimum absolute atomic E-state index is 0.284. The van der Waals surface area contributed by atoms with E-state index >= 15 is 0 Å². The highest BCUT2D eigenvalue weighted by molar-refractivity contribution is 6.42. The summed E-state index contributed by atoms with van der Waals surface area (Å²) in [4.78, 5) is 25.0. The molecule has 7 heteroatoms. The Kier molecular flexibility index (Phi) is 4.94. The minimum Gasteiger partial charge on any atom is -0.477 e. The van der Waals surface area contributed by atoms with Crippen molar-refractivity contribution in [1.82, 2.24) is 4.57 Å². The molecule has 0 amide bonds. The van der Waals surface area contributed by atoms with Crippen LogP contribution in [0.5, 0.6) is 0 Å². The summed E-state index contributed by atoms with van der Waals surface area (Å²) < 4.78 is 6.85. The van der Waals surface area contributed by atoms with Gasteiger partial charge in [-0.3, -0.25) is 4.79 Å². The molecule has 2 aromatic heterocycles. The predicted molar refractivity (Wildman–Crippen MR) is 101 cm³/mol. The minimum atomic E-state index is -1.30. The molecule has 2 heterocycles. The maximum Gasteiger partial charge on any atom is 0.341 e. The summed E-state index contributed by atoms with van der Waals surface area (Å²) in [7, 11) is 0. The van der Waals surface area contributed by atoms with Crippen molar-refractivity contribution in [2.75, 3.05) is 0 Å². The van der Waals surface area contributed by atoms with Crippen molar-refractivity contribution >= 4 is 29.2 Å². The number of nitrogens with zero attached hydrogens (tertiary/aromatic N) is 1. The second-order valence-electron chi connectivity index (χ2n) is 5.70. The van der Waals surface area contributed by atoms with E-state index in [0.29, 0.717) is 39.6 Å². The van der Waals surface area contributed by atoms with E-state index in [9.17, 15) is 14.7 Å². The van der Waals surface area contributed by atoms with Gasteiger partial charge in [0.15, 0.2) is 0 Å². The van der Waals surface area contributed by atoms with E-state index in [2.05, 4.69) is 0 Å². The summed E-state index contributed by atoms with van der Waals surface area (Å²) in [5.41, 5.74) is 1.42. The normalized spacial score (nSPS) is 10.9. The third-order valence-corrected chi connectivity index (χ3v) is 5.00. The monoisotopic (exact) mass is 391 g/mol. The zero-order valence-corrected chi connectivity index (χ0v) is 15.6. The first-order chi connectivity index (χ1) is 12.4. The molecule has 0 bridgehead atoms. The number of hydrogen-bond donors (Lipinski definition) is 1. The number of halogens is 2. The first-order valence-electron chi connectivity index (χ1n) is 7.85. The fourth-order valence-corrected chi connectivity index (χ4v) is 3.42. The van der Waals surface area contributed by atoms with Crippen molar-refractivity contribution in [3.63, 3.8) is 0 Å². The van der Waals surface area contributed by atoms with Gasteiger partial charge in [-0.2, -0.15) is 0 Å². The van der Waals surface area contributed by atoms with Crippen LogP contribution < -0.4 is 5.43 Å². The zero-order valence-electron chi connectivity index (χ0n) is 14.0. The van der Waals surface area contributed by atoms with Crippen LogP contribution in [0.3, 0.4) is 0 Å². The molecule has 0 atom stereocenters. The first-order valence-corrected chi connectivity index (χ1v) is 8.61. The van der Waals surface area contributed by atoms with Gasteiger partial charge in [-0.05, 0) is 32.0 Å². The number of hydrogen-bond acceptors (Lipinski definition) is 3. The average molecular weight is 392 g/mol. The van der Waals surface area contributed by atoms with Gasteiger partial charge in [0.1, 0.15) is 5.56 Å². The molecule has 26 heavy (non-hydrogen) atoms. The van der Waals surface area contributed by atoms with E-state index in [0.717, 1.165) is 0 Å². The van der Waals surface area contributed by atoms with E-state index < -0.39 is 11.4 Å². The molecular formula is C19H15Cl2NO4. The number of benzene rings is 1. The van der Waals surface area contributed by atoms with Crippen LogP contribution in [0, 0.1) is 6.92 Å². The number of carbonyl (C=O) groups is 1. The van der Waals surface area contributed by atoms with Gasteiger partial charge in [-0.25, -0.2) is 4.79 Å². The van der Waals surface area contributed by atoms with E-state index in [-0.39, 0.29) is 10.6 Å². The van der Waals surface area contributed by atoms with Gasteiger partial charge in [0.25, 0.3) is 0 Å². The Morgan fingerprint density at radius 3 is 2.46 bits per heavy atom. The second-order valence-corrected chi connectivity index (χ2v) is 6.52. The first kappa shape index (κ1) is 18.3. The molecular weight excluding hydrogens is 377 g/mol. The maximum absolute atomic E-state index is 13.0. The number of furan rings is 1. The highest BCUT2D eigenvalue weighted by atomic mass is 35.5. The van der Waals surface area contributed by atoms with E-state index in [4.69, 9.17) is 27.6 Å². The number of aromatic carboxylic acids is 1. The smallest absolute Gasteiger partial charge is 0.341 e. The van der Waals surface area contributed by atoms with Crippen LogP contribution in [0.2, 0.25) is 10.0 Å². The van der Waals surface area contributed by atoms with Crippen LogP contribution in [0.25, 0.3) is 22.4 Å². The second kappa shape index (κ2) is 7.02. The molecule has 0 saturated heterocycles. The molecule has 0 spiro atoms. The largest absolute Gasteiger partial charge is 0.477 e. The van der Waals surface area contributed by atoms with Crippen molar-refractivity contribution in [1.29, 1.82) is 0 Å². The SMILES string of the molecule is CCn1c(C)c(-c2ccoc2)c(=O)c(C(=O)O)c1-c1ccc(Cl)c(Cl)c1. The molecule has 0 aliphatic heterocycles. The molecule has 1 aromatic carbocycles. The van der Waals surface area contributed by atoms with Gasteiger partial charge < -0.3 is 14.1 Å². The van der Waals surface area contributed by atoms with Gasteiger partial charge in [-0.1, -0.05) is 29.3 Å². The van der Waals surface area contributed by atoms with Crippen molar-refractivity contribution in [2.45, 2.75) is 20.4 Å². The van der Waals surface area contributed by atoms with Gasteiger partial charge >= 0.3 is 5.97 Å². The molecule has 0 unspecified atom stereocenters. The van der Waals surface area contributed by atoms with Gasteiger partial charge in [0, 0.05) is 23.4 Å². The van der Waals surface area contributed by atoms with Crippen LogP contribution in [-0.4, -0.2) is 15.6 Å². The van der Waals surface area contributed by atoms with E-state index in [1.54, 1.807) is 35.8 Å². The lowest BCUT2D eigenvalue weighted by Gasteiger charge is -2.20. The number of carboxylic acids is 1. The zero-order chi connectivity index (χ0) is 19.0. The molecule has 3 aromatic rings. The Labute approximate surface area is 159 Å². The van der Waals surface area contributed by atoms with Crippen LogP contribution >= 0.6 is 23.2 Å². The Hall–Kier alpha value is -2.50. The molecule has 3 rings (SSSR count). The third kappa shape index (κ3) is 2.93. The molecule has 0 radical (unpaired) electrons. The lowest BCUT2D eigenvalue weighted by atomic mass is 9.97. The molecule has 0 saturated carbocycles. The summed E-state index contributed by atoms with van der Waals surface area (Å²) in [5, 5.41) is 10.4. The molecule has 1 N–H and O–H groups in total. The lowest BCUT2D eigenvalue weighted by Crippen LogP contribution is -2.25. The number of carboxylic acid groups (broad SMARTS) is 1. The van der Waals surface area contributed by atoms with Crippen LogP contribution in [0.4, 0.5) is 0 Å². The molecule has 0 fully saturated rings. The molecule has 0 aliphatic rings. The van der Waals surface area contributed by atoms with Crippen molar-refractivity contribution in [2.24, 2.45) is 0 Å². The number of pyridine rings is 1. The highest BCUT2D eigenvalue weighted by Crippen LogP contribution is 2.33. The van der Waals surface area contributed by atoms with Crippen LogP contribution in [0.15, 0.2) is 46.0 Å². The van der Waals surface area contributed by atoms with Crippen LogP contribution in [0.1, 0.15) is 23.0 Å². The summed E-state index contributed by atoms with van der Waals surface area (Å²) in [6.07, 6.45) is 2.87. The van der Waals surface area contributed by atoms with Crippen molar-refractivity contribution in [3.05, 3.63) is 68.3 Å². The fraction of sp³-hybridized carbons (Fsp3) is 0.158. The van der Waals surface area contributed by atoms with Crippen LogP contribution in [-0.2, 0) is 6.54 Å². The van der Waals surface area contributed by atoms with Gasteiger partial charge in [0.05, 0.1) is 33.8 Å². The predicted octanol–water partition coefficient (Wildman–Crippen LogP) is 5.11. The lowest BCUT2D eigenvalue weighted by molar-refractivity contribution is 0.0695. The molecule has 5 nitrogen and oxygen atoms in total. The topological polar surface area (TPSA) is 72.4 Å². The van der Waals surface area contributed by atoms with Gasteiger partial charge in [-0.15, -0.1) is 0 Å². The standard InChI is InChI=1S/C19H15Cl2NO4/c1-3-22-10(2)15(12-6-7-26-9-12)18(23)16(19(24)25)17(22)11-4-5-13(20)14(21)8-11/h4-9H,3H2,1-2H3,(H,24,25). The molecule has 134 valence electrons. The van der Waals surface area contributed by atoms with Crippen molar-refractivity contribution < 1.29 is 14.3 Å². The maximum atomic E-state index is 13.0. The Morgan fingerprint density at radius 1 is 1.19 bits per heavy atom. The summed E-state index contributed by atoms with van der Waals surface area (Å²) in [6, 6.07) is 6.43. The third-order valence-electron chi connectivity index (χ3n) is 4.26. The summed E-state index contributed by atoms with van der Waals surface area (Å²) >= 11 is 12.1. The highest BCUT2D eigenvalue weighted by Gasteiger charge is 2.26. The number of aromatic nitrogens is 1. The summed E-state index contributed by atoms with van der Waals surface area (Å²) in [5.74, 6) is -1.30. The van der Waals surface area contributed by atoms with E-state index in [1.807, 2.05) is 6.92 Å². The Bertz CT molecular complexity index is 1050. The quantitative estimate of drug-likeness (QED) is 0.670. The van der Waals surface area contributed by atoms with Crippen molar-refractivity contribution in [3.8, 4) is 22.4 Å². The Balaban J connectivity index is 2.46.